The molecule has 1 aliphatic rings. The molecule has 1 amide bonds. The Hall–Kier alpha value is -1.42. The van der Waals surface area contributed by atoms with E-state index in [1.807, 2.05) is 31.2 Å². The fourth-order valence-corrected chi connectivity index (χ4v) is 1.37. The number of ketones is 1. The van der Waals surface area contributed by atoms with Gasteiger partial charge in [0, 0.05) is 6.42 Å². The van der Waals surface area contributed by atoms with Crippen molar-refractivity contribution >= 4 is 11.7 Å². The molecular weight excluding hydrogens is 206 g/mol. The van der Waals surface area contributed by atoms with Crippen LogP contribution in [0.4, 0.5) is 0 Å². The lowest BCUT2D eigenvalue weighted by Crippen LogP contribution is -2.22. The van der Waals surface area contributed by atoms with Crippen molar-refractivity contribution in [3.05, 3.63) is 24.3 Å². The van der Waals surface area contributed by atoms with Gasteiger partial charge in [-0.2, -0.15) is 0 Å². The number of hydrogen-bond acceptors (Lipinski definition) is 3. The predicted octanol–water partition coefficient (Wildman–Crippen LogP) is 1.11. The molecular formula is C12H17NO3. The standard InChI is InChI=1S/C12H17NO3/c1-2-3-4-5-6-7-8-9(14)10-11(16-10)12(13)15/h2-3,5-6,10-11H,4,7-8H2,1H3,(H2,13,15)/b3-2+,6-5+/t10-,11?/m0/s1. The molecule has 16 heavy (non-hydrogen) atoms. The van der Waals surface area contributed by atoms with E-state index in [9.17, 15) is 9.59 Å². The molecule has 2 atom stereocenters. The van der Waals surface area contributed by atoms with Gasteiger partial charge in [0.2, 0.25) is 5.91 Å². The van der Waals surface area contributed by atoms with Crippen molar-refractivity contribution in [2.45, 2.75) is 38.4 Å². The highest BCUT2D eigenvalue weighted by Gasteiger charge is 2.48. The van der Waals surface area contributed by atoms with Crippen LogP contribution in [-0.4, -0.2) is 23.9 Å². The number of epoxide rings is 1. The highest BCUT2D eigenvalue weighted by molar-refractivity contribution is 5.95. The third kappa shape index (κ3) is 3.98. The quantitative estimate of drug-likeness (QED) is 0.519. The van der Waals surface area contributed by atoms with Crippen molar-refractivity contribution in [2.24, 2.45) is 5.73 Å². The molecule has 0 saturated carbocycles. The Balaban J connectivity index is 2.12. The van der Waals surface area contributed by atoms with E-state index < -0.39 is 18.1 Å². The van der Waals surface area contributed by atoms with Crippen molar-refractivity contribution < 1.29 is 14.3 Å². The Morgan fingerprint density at radius 3 is 2.56 bits per heavy atom. The smallest absolute Gasteiger partial charge is 0.249 e. The number of primary amides is 1. The molecule has 1 heterocycles. The number of rotatable bonds is 7. The minimum Gasteiger partial charge on any atom is -0.367 e. The van der Waals surface area contributed by atoms with Gasteiger partial charge in [0.1, 0.15) is 0 Å². The number of carbonyl (C=O) groups is 2. The summed E-state index contributed by atoms with van der Waals surface area (Å²) in [5.41, 5.74) is 5.00. The van der Waals surface area contributed by atoms with Crippen LogP contribution in [0, 0.1) is 0 Å². The lowest BCUT2D eigenvalue weighted by molar-refractivity contribution is -0.121. The summed E-state index contributed by atoms with van der Waals surface area (Å²) < 4.78 is 4.88. The topological polar surface area (TPSA) is 72.7 Å². The third-order valence-electron chi connectivity index (χ3n) is 2.32. The van der Waals surface area contributed by atoms with Gasteiger partial charge in [-0.25, -0.2) is 0 Å². The van der Waals surface area contributed by atoms with Crippen LogP contribution >= 0.6 is 0 Å². The van der Waals surface area contributed by atoms with Crippen LogP contribution in [0.2, 0.25) is 0 Å². The molecule has 4 heteroatoms. The molecule has 0 aromatic carbocycles. The molecule has 1 saturated heterocycles. The zero-order valence-corrected chi connectivity index (χ0v) is 9.39. The normalized spacial score (nSPS) is 24.1. The molecule has 0 aliphatic carbocycles. The van der Waals surface area contributed by atoms with Crippen LogP contribution in [0.25, 0.3) is 0 Å². The molecule has 0 bridgehead atoms. The van der Waals surface area contributed by atoms with Crippen LogP contribution < -0.4 is 5.73 Å². The average Bonchev–Trinajstić information content (AvgIpc) is 3.02. The summed E-state index contributed by atoms with van der Waals surface area (Å²) in [6.45, 7) is 1.96. The average molecular weight is 223 g/mol. The second-order valence-electron chi connectivity index (χ2n) is 3.66. The molecule has 0 radical (unpaired) electrons. The molecule has 0 aromatic rings. The molecule has 4 nitrogen and oxygen atoms in total. The Morgan fingerprint density at radius 2 is 2.00 bits per heavy atom. The monoisotopic (exact) mass is 223 g/mol. The molecule has 1 unspecified atom stereocenters. The number of Topliss-reactive ketones (excluding diaryl/α,β-unsaturated/α-hetero) is 1. The summed E-state index contributed by atoms with van der Waals surface area (Å²) in [7, 11) is 0. The van der Waals surface area contributed by atoms with Crippen molar-refractivity contribution in [2.75, 3.05) is 0 Å². The molecule has 1 aliphatic heterocycles. The first-order valence-corrected chi connectivity index (χ1v) is 5.40. The number of carbonyl (C=O) groups excluding carboxylic acids is 2. The highest BCUT2D eigenvalue weighted by Crippen LogP contribution is 2.24. The summed E-state index contributed by atoms with van der Waals surface area (Å²) >= 11 is 0. The predicted molar refractivity (Wildman–Crippen MR) is 60.7 cm³/mol. The molecule has 1 fully saturated rings. The van der Waals surface area contributed by atoms with Gasteiger partial charge in [-0.1, -0.05) is 24.3 Å². The zero-order chi connectivity index (χ0) is 12.0. The molecule has 0 aromatic heterocycles. The first kappa shape index (κ1) is 12.6. The lowest BCUT2D eigenvalue weighted by atomic mass is 10.1. The highest BCUT2D eigenvalue weighted by atomic mass is 16.6. The maximum absolute atomic E-state index is 11.4. The lowest BCUT2D eigenvalue weighted by Gasteiger charge is -1.92. The first-order chi connectivity index (χ1) is 7.66. The number of hydrogen-bond donors (Lipinski definition) is 1. The van der Waals surface area contributed by atoms with Crippen molar-refractivity contribution in [1.82, 2.24) is 0 Å². The Morgan fingerprint density at radius 1 is 1.25 bits per heavy atom. The van der Waals surface area contributed by atoms with E-state index >= 15 is 0 Å². The summed E-state index contributed by atoms with van der Waals surface area (Å²) in [4.78, 5) is 22.1. The number of amides is 1. The molecule has 1 rings (SSSR count). The fraction of sp³-hybridized carbons (Fsp3) is 0.500. The van der Waals surface area contributed by atoms with Gasteiger partial charge in [0.25, 0.3) is 0 Å². The van der Waals surface area contributed by atoms with E-state index in [0.717, 1.165) is 6.42 Å². The summed E-state index contributed by atoms with van der Waals surface area (Å²) in [5.74, 6) is -0.596. The van der Waals surface area contributed by atoms with Gasteiger partial charge in [-0.05, 0) is 19.8 Å². The van der Waals surface area contributed by atoms with Crippen molar-refractivity contribution in [3.63, 3.8) is 0 Å². The van der Waals surface area contributed by atoms with Crippen LogP contribution in [0.1, 0.15) is 26.2 Å². The summed E-state index contributed by atoms with van der Waals surface area (Å²) in [6, 6.07) is 0. The third-order valence-corrected chi connectivity index (χ3v) is 2.32. The number of allylic oxidation sites excluding steroid dienone is 4. The molecule has 0 spiro atoms. The summed E-state index contributed by atoms with van der Waals surface area (Å²) in [6.07, 6.45) is 8.68. The van der Waals surface area contributed by atoms with E-state index in [2.05, 4.69) is 0 Å². The van der Waals surface area contributed by atoms with E-state index in [0.29, 0.717) is 12.8 Å². The fourth-order valence-electron chi connectivity index (χ4n) is 1.37. The van der Waals surface area contributed by atoms with Gasteiger partial charge in [0.05, 0.1) is 0 Å². The van der Waals surface area contributed by atoms with E-state index in [1.54, 1.807) is 0 Å². The van der Waals surface area contributed by atoms with Gasteiger partial charge < -0.3 is 10.5 Å². The minimum absolute atomic E-state index is 0.0421. The van der Waals surface area contributed by atoms with E-state index in [-0.39, 0.29) is 5.78 Å². The maximum Gasteiger partial charge on any atom is 0.249 e. The number of ether oxygens (including phenoxy) is 1. The Labute approximate surface area is 95.1 Å². The first-order valence-electron chi connectivity index (χ1n) is 5.40. The van der Waals surface area contributed by atoms with Gasteiger partial charge in [0.15, 0.2) is 18.0 Å². The number of nitrogens with two attached hydrogens (primary N) is 1. The summed E-state index contributed by atoms with van der Waals surface area (Å²) in [5, 5.41) is 0. The van der Waals surface area contributed by atoms with E-state index in [4.69, 9.17) is 10.5 Å². The van der Waals surface area contributed by atoms with Gasteiger partial charge >= 0.3 is 0 Å². The van der Waals surface area contributed by atoms with Crippen molar-refractivity contribution in [3.8, 4) is 0 Å². The SMILES string of the molecule is C/C=C/C/C=C/CCC(=O)[C@@H]1OC1C(N)=O. The van der Waals surface area contributed by atoms with Crippen LogP contribution in [-0.2, 0) is 14.3 Å². The van der Waals surface area contributed by atoms with Gasteiger partial charge in [-0.15, -0.1) is 0 Å². The van der Waals surface area contributed by atoms with Crippen LogP contribution in [0.15, 0.2) is 24.3 Å². The maximum atomic E-state index is 11.4. The van der Waals surface area contributed by atoms with Crippen molar-refractivity contribution in [1.29, 1.82) is 0 Å². The zero-order valence-electron chi connectivity index (χ0n) is 9.39. The molecule has 2 N–H and O–H groups in total. The Kier molecular flexibility index (Phi) is 4.92. The second kappa shape index (κ2) is 6.23. The van der Waals surface area contributed by atoms with Crippen LogP contribution in [0.3, 0.4) is 0 Å². The minimum atomic E-state index is -0.681. The second-order valence-corrected chi connectivity index (χ2v) is 3.66. The van der Waals surface area contributed by atoms with Crippen LogP contribution in [0.5, 0.6) is 0 Å². The molecule has 88 valence electrons. The largest absolute Gasteiger partial charge is 0.367 e. The van der Waals surface area contributed by atoms with Gasteiger partial charge in [-0.3, -0.25) is 9.59 Å². The Bertz CT molecular complexity index is 320. The van der Waals surface area contributed by atoms with E-state index in [1.165, 1.54) is 0 Å².